The molecule has 0 unspecified atom stereocenters. The minimum Gasteiger partial charge on any atom is -0.364 e. The van der Waals surface area contributed by atoms with Crippen LogP contribution in [0.15, 0.2) is 24.3 Å². The third-order valence-corrected chi connectivity index (χ3v) is 3.56. The summed E-state index contributed by atoms with van der Waals surface area (Å²) >= 11 is 0. The van der Waals surface area contributed by atoms with Crippen molar-refractivity contribution >= 4 is 11.7 Å². The molecule has 2 heterocycles. The molecule has 104 valence electrons. The first-order valence-corrected chi connectivity index (χ1v) is 6.59. The van der Waals surface area contributed by atoms with Crippen LogP contribution in [0.2, 0.25) is 0 Å². The van der Waals surface area contributed by atoms with Crippen LogP contribution >= 0.6 is 0 Å². The van der Waals surface area contributed by atoms with Gasteiger partial charge in [0, 0.05) is 30.3 Å². The largest absolute Gasteiger partial charge is 0.364 e. The molecule has 2 aromatic rings. The summed E-state index contributed by atoms with van der Waals surface area (Å²) in [5.74, 6) is 3.28. The van der Waals surface area contributed by atoms with Crippen LogP contribution in [0.25, 0.3) is 11.4 Å². The number of anilines is 1. The summed E-state index contributed by atoms with van der Waals surface area (Å²) in [5, 5.41) is 0. The molecule has 21 heavy (non-hydrogen) atoms. The summed E-state index contributed by atoms with van der Waals surface area (Å²) in [7, 11) is 1.94. The van der Waals surface area contributed by atoms with Crippen molar-refractivity contribution in [2.75, 3.05) is 18.5 Å². The second kappa shape index (κ2) is 4.91. The molecule has 5 nitrogen and oxygen atoms in total. The summed E-state index contributed by atoms with van der Waals surface area (Å²) in [6.07, 6.45) is 6.14. The van der Waals surface area contributed by atoms with Gasteiger partial charge >= 0.3 is 0 Å². The molecule has 1 aromatic heterocycles. The van der Waals surface area contributed by atoms with Crippen molar-refractivity contribution in [2.24, 2.45) is 5.73 Å². The number of carbonyl (C=O) groups is 1. The Morgan fingerprint density at radius 3 is 2.95 bits per heavy atom. The number of likely N-dealkylation sites (N-methyl/N-ethyl adjacent to an activating group) is 1. The maximum Gasteiger partial charge on any atom is 0.267 e. The number of nitrogens with zero attached hydrogens (tertiary/aromatic N) is 3. The van der Waals surface area contributed by atoms with E-state index in [2.05, 4.69) is 15.9 Å². The van der Waals surface area contributed by atoms with E-state index in [9.17, 15) is 4.79 Å². The highest BCUT2D eigenvalue weighted by molar-refractivity contribution is 5.94. The first-order chi connectivity index (χ1) is 10.1. The van der Waals surface area contributed by atoms with Gasteiger partial charge in [0.05, 0.1) is 0 Å². The molecule has 0 bridgehead atoms. The molecule has 0 saturated carbocycles. The highest BCUT2D eigenvalue weighted by Gasteiger charge is 2.25. The number of benzene rings is 1. The van der Waals surface area contributed by atoms with E-state index in [0.717, 1.165) is 35.5 Å². The normalized spacial score (nSPS) is 12.9. The smallest absolute Gasteiger partial charge is 0.267 e. The molecule has 0 aliphatic carbocycles. The quantitative estimate of drug-likeness (QED) is 0.838. The van der Waals surface area contributed by atoms with Crippen molar-refractivity contribution in [3.05, 3.63) is 41.1 Å². The molecule has 2 N–H and O–H groups in total. The number of hydrogen-bond donors (Lipinski definition) is 1. The van der Waals surface area contributed by atoms with Crippen LogP contribution in [0.4, 0.5) is 5.82 Å². The fourth-order valence-corrected chi connectivity index (χ4v) is 2.48. The second-order valence-corrected chi connectivity index (χ2v) is 4.96. The zero-order chi connectivity index (χ0) is 15.0. The number of hydrogen-bond acceptors (Lipinski definition) is 4. The molecule has 5 heteroatoms. The van der Waals surface area contributed by atoms with Crippen molar-refractivity contribution in [3.8, 4) is 23.7 Å². The minimum absolute atomic E-state index is 0.297. The number of amides is 1. The van der Waals surface area contributed by atoms with E-state index in [-0.39, 0.29) is 0 Å². The number of primary amides is 1. The lowest BCUT2D eigenvalue weighted by atomic mass is 10.1. The van der Waals surface area contributed by atoms with E-state index >= 15 is 0 Å². The Balaban J connectivity index is 2.20. The Kier molecular flexibility index (Phi) is 3.07. The number of fused-ring (bicyclic) bond motifs is 1. The fourth-order valence-electron chi connectivity index (χ4n) is 2.48. The van der Waals surface area contributed by atoms with E-state index in [4.69, 9.17) is 12.2 Å². The average molecular weight is 278 g/mol. The maximum atomic E-state index is 11.7. The van der Waals surface area contributed by atoms with E-state index in [1.165, 1.54) is 0 Å². The summed E-state index contributed by atoms with van der Waals surface area (Å²) in [4.78, 5) is 22.6. The first kappa shape index (κ1) is 13.1. The van der Waals surface area contributed by atoms with Crippen LogP contribution in [0.1, 0.15) is 21.6 Å². The third kappa shape index (κ3) is 2.21. The van der Waals surface area contributed by atoms with Crippen LogP contribution < -0.4 is 10.6 Å². The van der Waals surface area contributed by atoms with E-state index in [0.29, 0.717) is 11.5 Å². The molecule has 1 aliphatic rings. The molecule has 0 radical (unpaired) electrons. The van der Waals surface area contributed by atoms with Crippen LogP contribution in [-0.2, 0) is 6.42 Å². The van der Waals surface area contributed by atoms with Gasteiger partial charge in [0.2, 0.25) is 0 Å². The van der Waals surface area contributed by atoms with Gasteiger partial charge in [-0.25, -0.2) is 9.97 Å². The van der Waals surface area contributed by atoms with Gasteiger partial charge in [-0.15, -0.1) is 6.42 Å². The van der Waals surface area contributed by atoms with E-state index < -0.39 is 5.91 Å². The SMILES string of the molecule is C#Cc1cccc(-c2nc(C(N)=O)c3c(n2)N(C)CC3)c1. The monoisotopic (exact) mass is 278 g/mol. The van der Waals surface area contributed by atoms with Crippen LogP contribution in [0, 0.1) is 12.3 Å². The van der Waals surface area contributed by atoms with Crippen molar-refractivity contribution < 1.29 is 4.79 Å². The summed E-state index contributed by atoms with van der Waals surface area (Å²) in [6, 6.07) is 7.36. The number of rotatable bonds is 2. The molecular weight excluding hydrogens is 264 g/mol. The van der Waals surface area contributed by atoms with Gasteiger partial charge < -0.3 is 10.6 Å². The van der Waals surface area contributed by atoms with Gasteiger partial charge in [-0.05, 0) is 18.6 Å². The Bertz CT molecular complexity index is 776. The Labute approximate surface area is 122 Å². The molecule has 1 amide bonds. The molecule has 1 aromatic carbocycles. The molecular formula is C16H14N4O. The minimum atomic E-state index is -0.529. The van der Waals surface area contributed by atoms with Crippen molar-refractivity contribution in [1.29, 1.82) is 0 Å². The lowest BCUT2D eigenvalue weighted by Crippen LogP contribution is -2.18. The van der Waals surface area contributed by atoms with Crippen molar-refractivity contribution in [1.82, 2.24) is 9.97 Å². The summed E-state index contributed by atoms with van der Waals surface area (Å²) in [6.45, 7) is 0.804. The van der Waals surface area contributed by atoms with Crippen LogP contribution in [0.3, 0.4) is 0 Å². The Morgan fingerprint density at radius 1 is 1.43 bits per heavy atom. The molecule has 0 saturated heterocycles. The second-order valence-electron chi connectivity index (χ2n) is 4.96. The number of nitrogens with two attached hydrogens (primary N) is 1. The molecule has 3 rings (SSSR count). The van der Waals surface area contributed by atoms with E-state index in [1.54, 1.807) is 0 Å². The van der Waals surface area contributed by atoms with Gasteiger partial charge in [0.15, 0.2) is 5.82 Å². The van der Waals surface area contributed by atoms with E-state index in [1.807, 2.05) is 36.2 Å². The summed E-state index contributed by atoms with van der Waals surface area (Å²) < 4.78 is 0. The molecule has 0 atom stereocenters. The van der Waals surface area contributed by atoms with Crippen molar-refractivity contribution in [2.45, 2.75) is 6.42 Å². The topological polar surface area (TPSA) is 72.1 Å². The van der Waals surface area contributed by atoms with Crippen LogP contribution in [0.5, 0.6) is 0 Å². The summed E-state index contributed by atoms with van der Waals surface area (Å²) in [5.41, 5.74) is 8.09. The highest BCUT2D eigenvalue weighted by atomic mass is 16.1. The van der Waals surface area contributed by atoms with Gasteiger partial charge in [-0.1, -0.05) is 18.1 Å². The molecule has 0 fully saturated rings. The number of aromatic nitrogens is 2. The first-order valence-electron chi connectivity index (χ1n) is 6.59. The molecule has 1 aliphatic heterocycles. The standard InChI is InChI=1S/C16H14N4O/c1-3-10-5-4-6-11(9-10)15-18-13(14(17)21)12-7-8-20(2)16(12)19-15/h1,4-6,9H,7-8H2,2H3,(H2,17,21). The Morgan fingerprint density at radius 2 is 2.24 bits per heavy atom. The molecule has 0 spiro atoms. The van der Waals surface area contributed by atoms with Gasteiger partial charge in [0.1, 0.15) is 11.5 Å². The maximum absolute atomic E-state index is 11.7. The lowest BCUT2D eigenvalue weighted by Gasteiger charge is -2.13. The number of terminal acetylenes is 1. The van der Waals surface area contributed by atoms with Gasteiger partial charge in [-0.2, -0.15) is 0 Å². The van der Waals surface area contributed by atoms with Crippen molar-refractivity contribution in [3.63, 3.8) is 0 Å². The number of carbonyl (C=O) groups excluding carboxylic acids is 1. The lowest BCUT2D eigenvalue weighted by molar-refractivity contribution is 0.0995. The predicted molar refractivity (Wildman–Crippen MR) is 80.9 cm³/mol. The van der Waals surface area contributed by atoms with Gasteiger partial charge in [0.25, 0.3) is 5.91 Å². The predicted octanol–water partition coefficient (Wildman–Crippen LogP) is 1.22. The fraction of sp³-hybridized carbons (Fsp3) is 0.188. The average Bonchev–Trinajstić information content (AvgIpc) is 2.88. The van der Waals surface area contributed by atoms with Gasteiger partial charge in [-0.3, -0.25) is 4.79 Å². The third-order valence-electron chi connectivity index (χ3n) is 3.56. The zero-order valence-corrected chi connectivity index (χ0v) is 11.6. The zero-order valence-electron chi connectivity index (χ0n) is 11.6. The van der Waals surface area contributed by atoms with Crippen LogP contribution in [-0.4, -0.2) is 29.5 Å². The highest BCUT2D eigenvalue weighted by Crippen LogP contribution is 2.29. The Hall–Kier alpha value is -2.87.